The third-order valence-electron chi connectivity index (χ3n) is 3.29. The fourth-order valence-corrected chi connectivity index (χ4v) is 2.11. The summed E-state index contributed by atoms with van der Waals surface area (Å²) in [4.78, 5) is 23.1. The number of nitriles is 1. The van der Waals surface area contributed by atoms with Crippen molar-refractivity contribution in [1.82, 2.24) is 0 Å². The van der Waals surface area contributed by atoms with E-state index in [1.165, 1.54) is 13.2 Å². The predicted octanol–water partition coefficient (Wildman–Crippen LogP) is 2.70. The molecule has 132 valence electrons. The Morgan fingerprint density at radius 1 is 1.15 bits per heavy atom. The zero-order valence-corrected chi connectivity index (χ0v) is 13.9. The van der Waals surface area contributed by atoms with Gasteiger partial charge in [0.05, 0.1) is 12.8 Å². The summed E-state index contributed by atoms with van der Waals surface area (Å²) < 4.78 is 10.3. The summed E-state index contributed by atoms with van der Waals surface area (Å²) in [6, 6.07) is 15.2. The van der Waals surface area contributed by atoms with Gasteiger partial charge >= 0.3 is 5.97 Å². The van der Waals surface area contributed by atoms with Crippen LogP contribution in [-0.2, 0) is 9.59 Å². The number of benzene rings is 2. The number of ether oxygens (including phenoxy) is 2. The number of carboxylic acids is 1. The van der Waals surface area contributed by atoms with Crippen LogP contribution in [0, 0.1) is 11.3 Å². The van der Waals surface area contributed by atoms with Crippen molar-refractivity contribution in [3.63, 3.8) is 0 Å². The lowest BCUT2D eigenvalue weighted by Gasteiger charge is -2.10. The van der Waals surface area contributed by atoms with E-state index in [1.807, 2.05) is 6.07 Å². The molecule has 7 nitrogen and oxygen atoms in total. The highest BCUT2D eigenvalue weighted by molar-refractivity contribution is 6.10. The summed E-state index contributed by atoms with van der Waals surface area (Å²) in [5, 5.41) is 20.7. The summed E-state index contributed by atoms with van der Waals surface area (Å²) in [6.45, 7) is -0.528. The van der Waals surface area contributed by atoms with Gasteiger partial charge in [-0.3, -0.25) is 4.79 Å². The van der Waals surface area contributed by atoms with E-state index in [1.54, 1.807) is 48.5 Å². The van der Waals surface area contributed by atoms with Crippen LogP contribution < -0.4 is 14.8 Å². The molecule has 0 fully saturated rings. The average Bonchev–Trinajstić information content (AvgIpc) is 2.65. The van der Waals surface area contributed by atoms with Gasteiger partial charge < -0.3 is 19.9 Å². The van der Waals surface area contributed by atoms with E-state index in [4.69, 9.17) is 14.6 Å². The summed E-state index contributed by atoms with van der Waals surface area (Å²) in [7, 11) is 1.47. The van der Waals surface area contributed by atoms with Crippen LogP contribution in [0.5, 0.6) is 11.5 Å². The van der Waals surface area contributed by atoms with Crippen LogP contribution in [0.3, 0.4) is 0 Å². The summed E-state index contributed by atoms with van der Waals surface area (Å²) in [5.41, 5.74) is 0.680. The number of amides is 1. The summed E-state index contributed by atoms with van der Waals surface area (Å²) in [6.07, 6.45) is 1.34. The molecule has 1 amide bonds. The molecule has 26 heavy (non-hydrogen) atoms. The lowest BCUT2D eigenvalue weighted by atomic mass is 10.1. The number of carboxylic acid groups (broad SMARTS) is 1. The molecule has 0 unspecified atom stereocenters. The van der Waals surface area contributed by atoms with Crippen molar-refractivity contribution >= 4 is 23.6 Å². The molecular weight excluding hydrogens is 336 g/mol. The highest BCUT2D eigenvalue weighted by Gasteiger charge is 2.13. The minimum absolute atomic E-state index is 0.165. The number of nitrogens with one attached hydrogen (secondary N) is 1. The van der Waals surface area contributed by atoms with Crippen LogP contribution in [0.2, 0.25) is 0 Å². The normalized spacial score (nSPS) is 10.5. The number of anilines is 1. The minimum atomic E-state index is -1.13. The average molecular weight is 352 g/mol. The van der Waals surface area contributed by atoms with E-state index in [0.29, 0.717) is 17.0 Å². The molecule has 2 aromatic rings. The van der Waals surface area contributed by atoms with Gasteiger partial charge in [-0.2, -0.15) is 5.26 Å². The highest BCUT2D eigenvalue weighted by atomic mass is 16.5. The molecule has 0 heterocycles. The maximum Gasteiger partial charge on any atom is 0.341 e. The maximum absolute atomic E-state index is 12.4. The first kappa shape index (κ1) is 18.5. The van der Waals surface area contributed by atoms with E-state index >= 15 is 0 Å². The van der Waals surface area contributed by atoms with Crippen molar-refractivity contribution in [2.24, 2.45) is 0 Å². The van der Waals surface area contributed by atoms with Crippen LogP contribution in [0.1, 0.15) is 5.56 Å². The molecular formula is C19H16N2O5. The number of para-hydroxylation sites is 3. The second-order valence-electron chi connectivity index (χ2n) is 5.04. The van der Waals surface area contributed by atoms with Crippen molar-refractivity contribution in [1.29, 1.82) is 5.26 Å². The predicted molar refractivity (Wildman–Crippen MR) is 94.8 cm³/mol. The Bertz CT molecular complexity index is 883. The molecule has 2 rings (SSSR count). The fraction of sp³-hybridized carbons (Fsp3) is 0.105. The Hall–Kier alpha value is -3.79. The quantitative estimate of drug-likeness (QED) is 0.586. The zero-order valence-electron chi connectivity index (χ0n) is 13.9. The molecule has 2 aromatic carbocycles. The highest BCUT2D eigenvalue weighted by Crippen LogP contribution is 2.25. The molecule has 0 saturated carbocycles. The van der Waals surface area contributed by atoms with Gasteiger partial charge in [0.15, 0.2) is 6.61 Å². The van der Waals surface area contributed by atoms with Gasteiger partial charge in [0.1, 0.15) is 23.1 Å². The van der Waals surface area contributed by atoms with E-state index in [2.05, 4.69) is 5.32 Å². The largest absolute Gasteiger partial charge is 0.495 e. The second-order valence-corrected chi connectivity index (χ2v) is 5.04. The second kappa shape index (κ2) is 8.89. The number of carbonyl (C=O) groups excluding carboxylic acids is 1. The first-order valence-corrected chi connectivity index (χ1v) is 7.55. The summed E-state index contributed by atoms with van der Waals surface area (Å²) in [5.74, 6) is -1.03. The molecule has 0 aliphatic carbocycles. The van der Waals surface area contributed by atoms with E-state index < -0.39 is 18.5 Å². The van der Waals surface area contributed by atoms with E-state index in [0.717, 1.165) is 0 Å². The van der Waals surface area contributed by atoms with Crippen LogP contribution in [-0.4, -0.2) is 30.7 Å². The van der Waals surface area contributed by atoms with Crippen LogP contribution in [0.4, 0.5) is 5.69 Å². The molecule has 0 spiro atoms. The van der Waals surface area contributed by atoms with Gasteiger partial charge in [-0.1, -0.05) is 30.3 Å². The van der Waals surface area contributed by atoms with Crippen molar-refractivity contribution in [2.75, 3.05) is 19.0 Å². The van der Waals surface area contributed by atoms with Gasteiger partial charge in [-0.25, -0.2) is 4.79 Å². The molecule has 2 N–H and O–H groups in total. The fourth-order valence-electron chi connectivity index (χ4n) is 2.11. The van der Waals surface area contributed by atoms with Gasteiger partial charge in [-0.15, -0.1) is 0 Å². The van der Waals surface area contributed by atoms with Crippen molar-refractivity contribution in [2.45, 2.75) is 0 Å². The number of hydrogen-bond acceptors (Lipinski definition) is 5. The molecule has 0 saturated heterocycles. The van der Waals surface area contributed by atoms with E-state index in [-0.39, 0.29) is 11.3 Å². The number of aliphatic carboxylic acids is 1. The van der Waals surface area contributed by atoms with Crippen LogP contribution in [0.25, 0.3) is 6.08 Å². The van der Waals surface area contributed by atoms with Gasteiger partial charge in [0.2, 0.25) is 0 Å². The van der Waals surface area contributed by atoms with Crippen LogP contribution in [0.15, 0.2) is 54.1 Å². The van der Waals surface area contributed by atoms with E-state index in [9.17, 15) is 14.9 Å². The number of methoxy groups -OCH3 is 1. The lowest BCUT2D eigenvalue weighted by molar-refractivity contribution is -0.139. The molecule has 0 atom stereocenters. The monoisotopic (exact) mass is 352 g/mol. The summed E-state index contributed by atoms with van der Waals surface area (Å²) >= 11 is 0. The number of rotatable bonds is 7. The Balaban J connectivity index is 2.26. The maximum atomic E-state index is 12.4. The Morgan fingerprint density at radius 2 is 1.81 bits per heavy atom. The number of hydrogen-bond donors (Lipinski definition) is 2. The Kier molecular flexibility index (Phi) is 6.34. The topological polar surface area (TPSA) is 109 Å². The lowest BCUT2D eigenvalue weighted by Crippen LogP contribution is -2.14. The SMILES string of the molecule is COc1ccccc1NC(=O)/C(C#N)=C/c1ccccc1OCC(=O)O. The molecule has 7 heteroatoms. The third-order valence-corrected chi connectivity index (χ3v) is 3.29. The first-order chi connectivity index (χ1) is 12.5. The van der Waals surface area contributed by atoms with Crippen molar-refractivity contribution in [3.05, 3.63) is 59.7 Å². The number of carbonyl (C=O) groups is 2. The molecule has 0 aliphatic rings. The number of nitrogens with zero attached hydrogens (tertiary/aromatic N) is 1. The first-order valence-electron chi connectivity index (χ1n) is 7.55. The zero-order chi connectivity index (χ0) is 18.9. The van der Waals surface area contributed by atoms with Gasteiger partial charge in [0.25, 0.3) is 5.91 Å². The third kappa shape index (κ3) is 4.85. The van der Waals surface area contributed by atoms with Gasteiger partial charge in [-0.05, 0) is 24.3 Å². The van der Waals surface area contributed by atoms with Gasteiger partial charge in [0, 0.05) is 5.56 Å². The molecule has 0 aliphatic heterocycles. The molecule has 0 aromatic heterocycles. The van der Waals surface area contributed by atoms with Crippen LogP contribution >= 0.6 is 0 Å². The smallest absolute Gasteiger partial charge is 0.341 e. The minimum Gasteiger partial charge on any atom is -0.495 e. The molecule has 0 radical (unpaired) electrons. The Morgan fingerprint density at radius 3 is 2.46 bits per heavy atom. The van der Waals surface area contributed by atoms with Crippen molar-refractivity contribution in [3.8, 4) is 17.6 Å². The molecule has 0 bridgehead atoms. The van der Waals surface area contributed by atoms with Crippen molar-refractivity contribution < 1.29 is 24.2 Å². The Labute approximate surface area is 150 Å². The standard InChI is InChI=1S/C19H16N2O5/c1-25-17-9-5-3-7-15(17)21-19(24)14(11-20)10-13-6-2-4-8-16(13)26-12-18(22)23/h2-10H,12H2,1H3,(H,21,24)(H,22,23)/b14-10+.